The summed E-state index contributed by atoms with van der Waals surface area (Å²) in [5.41, 5.74) is 1.40. The number of carbonyl (C=O) groups is 1. The number of carbonyl (C=O) groups excluding carboxylic acids is 1. The summed E-state index contributed by atoms with van der Waals surface area (Å²) >= 11 is 0. The second-order valence-electron chi connectivity index (χ2n) is 5.76. The van der Waals surface area contributed by atoms with Crippen LogP contribution in [0.2, 0.25) is 0 Å². The van der Waals surface area contributed by atoms with Gasteiger partial charge in [0.1, 0.15) is 17.2 Å². The minimum absolute atomic E-state index is 0.0492. The number of pyridine rings is 2. The van der Waals surface area contributed by atoms with E-state index in [4.69, 9.17) is 9.47 Å². The molecule has 0 saturated carbocycles. The fourth-order valence-corrected chi connectivity index (χ4v) is 2.67. The van der Waals surface area contributed by atoms with Crippen molar-refractivity contribution in [1.82, 2.24) is 9.97 Å². The summed E-state index contributed by atoms with van der Waals surface area (Å²) in [6.45, 7) is 2.13. The minimum Gasteiger partial charge on any atom is -0.496 e. The molecule has 0 N–H and O–H groups in total. The van der Waals surface area contributed by atoms with Gasteiger partial charge in [0.2, 0.25) is 11.8 Å². The van der Waals surface area contributed by atoms with Crippen LogP contribution in [0.5, 0.6) is 17.4 Å². The number of methoxy groups -OCH3 is 1. The molecule has 3 rings (SSSR count). The molecule has 0 aliphatic heterocycles. The van der Waals surface area contributed by atoms with Gasteiger partial charge in [-0.2, -0.15) is 0 Å². The van der Waals surface area contributed by atoms with Gasteiger partial charge >= 0.3 is 0 Å². The van der Waals surface area contributed by atoms with Crippen LogP contribution in [-0.4, -0.2) is 23.0 Å². The van der Waals surface area contributed by atoms with Crippen molar-refractivity contribution in [2.75, 3.05) is 12.0 Å². The summed E-state index contributed by atoms with van der Waals surface area (Å²) in [4.78, 5) is 22.8. The van der Waals surface area contributed by atoms with E-state index in [0.717, 1.165) is 5.56 Å². The third-order valence-electron chi connectivity index (χ3n) is 4.01. The summed E-state index contributed by atoms with van der Waals surface area (Å²) in [7, 11) is 1.60. The molecule has 6 heteroatoms. The number of amides is 1. The van der Waals surface area contributed by atoms with Crippen molar-refractivity contribution in [3.05, 3.63) is 72.7 Å². The zero-order chi connectivity index (χ0) is 19.1. The number of anilines is 1. The highest BCUT2D eigenvalue weighted by molar-refractivity contribution is 5.94. The molecule has 138 valence electrons. The second-order valence-corrected chi connectivity index (χ2v) is 5.76. The molecule has 2 heterocycles. The lowest BCUT2D eigenvalue weighted by Gasteiger charge is -2.24. The second kappa shape index (κ2) is 8.80. The molecule has 2 aromatic heterocycles. The SMILES string of the molecule is CCC(=O)N(Cc1cnccc1OC)c1cccnc1Oc1ccccc1. The molecule has 0 fully saturated rings. The van der Waals surface area contributed by atoms with Crippen LogP contribution >= 0.6 is 0 Å². The van der Waals surface area contributed by atoms with E-state index in [9.17, 15) is 4.79 Å². The quantitative estimate of drug-likeness (QED) is 0.629. The Morgan fingerprint density at radius 1 is 1.07 bits per heavy atom. The summed E-state index contributed by atoms with van der Waals surface area (Å²) < 4.78 is 11.3. The number of rotatable bonds is 7. The van der Waals surface area contributed by atoms with Crippen molar-refractivity contribution in [3.63, 3.8) is 0 Å². The van der Waals surface area contributed by atoms with E-state index in [-0.39, 0.29) is 5.91 Å². The standard InChI is InChI=1S/C21H21N3O3/c1-3-20(25)24(15-16-14-22-13-11-19(16)26-2)18-10-7-12-23-21(18)27-17-8-5-4-6-9-17/h4-14H,3,15H2,1-2H3. The van der Waals surface area contributed by atoms with E-state index >= 15 is 0 Å². The lowest BCUT2D eigenvalue weighted by atomic mass is 10.2. The highest BCUT2D eigenvalue weighted by atomic mass is 16.5. The predicted octanol–water partition coefficient (Wildman–Crippen LogP) is 4.22. The first-order chi connectivity index (χ1) is 13.2. The lowest BCUT2D eigenvalue weighted by molar-refractivity contribution is -0.118. The maximum absolute atomic E-state index is 12.7. The van der Waals surface area contributed by atoms with Gasteiger partial charge in [-0.05, 0) is 30.3 Å². The van der Waals surface area contributed by atoms with Crippen LogP contribution in [0.1, 0.15) is 18.9 Å². The topological polar surface area (TPSA) is 64.6 Å². The molecule has 1 amide bonds. The number of hydrogen-bond acceptors (Lipinski definition) is 5. The molecule has 0 atom stereocenters. The maximum atomic E-state index is 12.7. The fourth-order valence-electron chi connectivity index (χ4n) is 2.67. The van der Waals surface area contributed by atoms with Crippen molar-refractivity contribution in [2.45, 2.75) is 19.9 Å². The Morgan fingerprint density at radius 2 is 1.89 bits per heavy atom. The normalized spacial score (nSPS) is 10.3. The summed E-state index contributed by atoms with van der Waals surface area (Å²) in [6.07, 6.45) is 5.34. The van der Waals surface area contributed by atoms with Gasteiger partial charge in [-0.25, -0.2) is 4.98 Å². The van der Waals surface area contributed by atoms with Crippen LogP contribution in [0.3, 0.4) is 0 Å². The Hall–Kier alpha value is -3.41. The molecule has 0 bridgehead atoms. The average Bonchev–Trinajstić information content (AvgIpc) is 2.73. The predicted molar refractivity (Wildman–Crippen MR) is 103 cm³/mol. The van der Waals surface area contributed by atoms with Crippen molar-refractivity contribution < 1.29 is 14.3 Å². The number of aromatic nitrogens is 2. The van der Waals surface area contributed by atoms with Crippen LogP contribution in [0.15, 0.2) is 67.1 Å². The smallest absolute Gasteiger partial charge is 0.243 e. The first-order valence-electron chi connectivity index (χ1n) is 8.68. The number of para-hydroxylation sites is 1. The van der Waals surface area contributed by atoms with Crippen molar-refractivity contribution >= 4 is 11.6 Å². The van der Waals surface area contributed by atoms with Gasteiger partial charge in [0.15, 0.2) is 0 Å². The average molecular weight is 363 g/mol. The van der Waals surface area contributed by atoms with E-state index in [1.165, 1.54) is 0 Å². The van der Waals surface area contributed by atoms with Gasteiger partial charge in [-0.1, -0.05) is 25.1 Å². The Bertz CT molecular complexity index is 900. The Balaban J connectivity index is 1.97. The molecule has 0 radical (unpaired) electrons. The molecule has 6 nitrogen and oxygen atoms in total. The van der Waals surface area contributed by atoms with Gasteiger partial charge in [0, 0.05) is 30.6 Å². The van der Waals surface area contributed by atoms with Gasteiger partial charge in [-0.3, -0.25) is 9.78 Å². The van der Waals surface area contributed by atoms with E-state index in [1.54, 1.807) is 42.7 Å². The largest absolute Gasteiger partial charge is 0.496 e. The molecule has 0 saturated heterocycles. The molecule has 0 aliphatic carbocycles. The van der Waals surface area contributed by atoms with Crippen LogP contribution in [0.4, 0.5) is 5.69 Å². The Labute approximate surface area is 158 Å². The first kappa shape index (κ1) is 18.4. The van der Waals surface area contributed by atoms with Crippen LogP contribution < -0.4 is 14.4 Å². The van der Waals surface area contributed by atoms with Crippen molar-refractivity contribution in [3.8, 4) is 17.4 Å². The molecule has 0 unspecified atom stereocenters. The van der Waals surface area contributed by atoms with Gasteiger partial charge < -0.3 is 14.4 Å². The highest BCUT2D eigenvalue weighted by Crippen LogP contribution is 2.32. The van der Waals surface area contributed by atoms with Crippen molar-refractivity contribution in [2.24, 2.45) is 0 Å². The Morgan fingerprint density at radius 3 is 2.63 bits per heavy atom. The zero-order valence-electron chi connectivity index (χ0n) is 15.3. The summed E-state index contributed by atoms with van der Waals surface area (Å²) in [5.74, 6) is 1.65. The fraction of sp³-hybridized carbons (Fsp3) is 0.190. The molecule has 3 aromatic rings. The molecular formula is C21H21N3O3. The van der Waals surface area contributed by atoms with E-state index < -0.39 is 0 Å². The number of benzene rings is 1. The molecule has 27 heavy (non-hydrogen) atoms. The molecular weight excluding hydrogens is 342 g/mol. The van der Waals surface area contributed by atoms with Gasteiger partial charge in [-0.15, -0.1) is 0 Å². The Kier molecular flexibility index (Phi) is 5.99. The lowest BCUT2D eigenvalue weighted by Crippen LogP contribution is -2.30. The maximum Gasteiger partial charge on any atom is 0.243 e. The molecule has 0 spiro atoms. The van der Waals surface area contributed by atoms with Gasteiger partial charge in [0.05, 0.1) is 13.7 Å². The third-order valence-corrected chi connectivity index (χ3v) is 4.01. The van der Waals surface area contributed by atoms with E-state index in [0.29, 0.717) is 36.0 Å². The van der Waals surface area contributed by atoms with Crippen LogP contribution in [0.25, 0.3) is 0 Å². The number of ether oxygens (including phenoxy) is 2. The molecule has 1 aromatic carbocycles. The minimum atomic E-state index is -0.0492. The molecule has 0 aliphatic rings. The number of nitrogens with zero attached hydrogens (tertiary/aromatic N) is 3. The monoisotopic (exact) mass is 363 g/mol. The van der Waals surface area contributed by atoms with E-state index in [2.05, 4.69) is 9.97 Å². The van der Waals surface area contributed by atoms with Crippen LogP contribution in [0, 0.1) is 0 Å². The van der Waals surface area contributed by atoms with Gasteiger partial charge in [0.25, 0.3) is 0 Å². The third kappa shape index (κ3) is 4.41. The summed E-state index contributed by atoms with van der Waals surface area (Å²) in [6, 6.07) is 14.7. The van der Waals surface area contributed by atoms with Crippen molar-refractivity contribution in [1.29, 1.82) is 0 Å². The zero-order valence-corrected chi connectivity index (χ0v) is 15.3. The summed E-state index contributed by atoms with van der Waals surface area (Å²) in [5, 5.41) is 0. The van der Waals surface area contributed by atoms with Crippen LogP contribution in [-0.2, 0) is 11.3 Å². The first-order valence-corrected chi connectivity index (χ1v) is 8.68. The highest BCUT2D eigenvalue weighted by Gasteiger charge is 2.21. The number of hydrogen-bond donors (Lipinski definition) is 0. The van der Waals surface area contributed by atoms with E-state index in [1.807, 2.05) is 43.3 Å².